The van der Waals surface area contributed by atoms with Crippen LogP contribution in [0.4, 0.5) is 5.69 Å². The van der Waals surface area contributed by atoms with Crippen LogP contribution in [-0.2, 0) is 4.79 Å². The van der Waals surface area contributed by atoms with Gasteiger partial charge in [-0.1, -0.05) is 43.3 Å². The lowest BCUT2D eigenvalue weighted by Gasteiger charge is -2.37. The van der Waals surface area contributed by atoms with Crippen LogP contribution >= 0.6 is 0 Å². The average Bonchev–Trinajstić information content (AvgIpc) is 2.69. The molecule has 1 atom stereocenters. The highest BCUT2D eigenvalue weighted by molar-refractivity contribution is 5.84. The maximum Gasteiger partial charge on any atom is 0.230 e. The molecule has 1 fully saturated rings. The van der Waals surface area contributed by atoms with Gasteiger partial charge in [0.2, 0.25) is 5.91 Å². The molecule has 0 aromatic heterocycles. The Kier molecular flexibility index (Phi) is 5.59. The molecule has 0 aliphatic carbocycles. The van der Waals surface area contributed by atoms with Gasteiger partial charge in [-0.2, -0.15) is 0 Å². The van der Waals surface area contributed by atoms with E-state index in [4.69, 9.17) is 4.74 Å². The van der Waals surface area contributed by atoms with E-state index >= 15 is 0 Å². The molecule has 0 spiro atoms. The molecule has 0 N–H and O–H groups in total. The monoisotopic (exact) mass is 338 g/mol. The van der Waals surface area contributed by atoms with Crippen molar-refractivity contribution < 1.29 is 9.53 Å². The van der Waals surface area contributed by atoms with Crippen LogP contribution in [0.5, 0.6) is 5.75 Å². The molecule has 1 amide bonds. The van der Waals surface area contributed by atoms with Crippen molar-refractivity contribution in [2.75, 3.05) is 38.2 Å². The summed E-state index contributed by atoms with van der Waals surface area (Å²) >= 11 is 0. The van der Waals surface area contributed by atoms with Crippen LogP contribution in [0.25, 0.3) is 0 Å². The lowest BCUT2D eigenvalue weighted by molar-refractivity contribution is -0.133. The van der Waals surface area contributed by atoms with Crippen LogP contribution in [0, 0.1) is 0 Å². The number of benzene rings is 2. The largest absolute Gasteiger partial charge is 0.497 e. The molecule has 4 heteroatoms. The van der Waals surface area contributed by atoms with Gasteiger partial charge < -0.3 is 14.5 Å². The highest BCUT2D eigenvalue weighted by Gasteiger charge is 2.27. The molecule has 0 bridgehead atoms. The van der Waals surface area contributed by atoms with Gasteiger partial charge in [-0.15, -0.1) is 0 Å². The van der Waals surface area contributed by atoms with Crippen LogP contribution in [0.15, 0.2) is 54.6 Å². The minimum absolute atomic E-state index is 0.0374. The molecular formula is C21H26N2O2. The fourth-order valence-electron chi connectivity index (χ4n) is 3.45. The summed E-state index contributed by atoms with van der Waals surface area (Å²) in [5.41, 5.74) is 2.27. The van der Waals surface area contributed by atoms with Crippen molar-refractivity contribution in [1.29, 1.82) is 0 Å². The van der Waals surface area contributed by atoms with E-state index in [9.17, 15) is 4.79 Å². The second-order valence-electron chi connectivity index (χ2n) is 6.39. The summed E-state index contributed by atoms with van der Waals surface area (Å²) < 4.78 is 5.31. The Hall–Kier alpha value is -2.49. The van der Waals surface area contributed by atoms with E-state index in [1.165, 1.54) is 0 Å². The first-order chi connectivity index (χ1) is 12.2. The summed E-state index contributed by atoms with van der Waals surface area (Å²) in [4.78, 5) is 17.3. The number of hydrogen-bond donors (Lipinski definition) is 0. The van der Waals surface area contributed by atoms with Crippen LogP contribution in [0.1, 0.15) is 24.8 Å². The Morgan fingerprint density at radius 3 is 2.40 bits per heavy atom. The molecule has 3 rings (SSSR count). The Labute approximate surface area is 150 Å². The highest BCUT2D eigenvalue weighted by Crippen LogP contribution is 2.25. The first-order valence-corrected chi connectivity index (χ1v) is 8.95. The first-order valence-electron chi connectivity index (χ1n) is 8.95. The predicted molar refractivity (Wildman–Crippen MR) is 101 cm³/mol. The van der Waals surface area contributed by atoms with Gasteiger partial charge in [-0.05, 0) is 24.1 Å². The van der Waals surface area contributed by atoms with E-state index in [1.54, 1.807) is 7.11 Å². The first kappa shape index (κ1) is 17.3. The third-order valence-corrected chi connectivity index (χ3v) is 4.92. The summed E-state index contributed by atoms with van der Waals surface area (Å²) in [6, 6.07) is 18.2. The zero-order chi connectivity index (χ0) is 17.6. The van der Waals surface area contributed by atoms with Crippen molar-refractivity contribution in [1.82, 2.24) is 4.90 Å². The van der Waals surface area contributed by atoms with Gasteiger partial charge in [-0.25, -0.2) is 0 Å². The van der Waals surface area contributed by atoms with Crippen LogP contribution in [0.2, 0.25) is 0 Å². The second-order valence-corrected chi connectivity index (χ2v) is 6.39. The van der Waals surface area contributed by atoms with E-state index in [1.807, 2.05) is 35.2 Å². The molecule has 1 aliphatic heterocycles. The molecular weight excluding hydrogens is 312 g/mol. The minimum Gasteiger partial charge on any atom is -0.497 e. The van der Waals surface area contributed by atoms with E-state index in [0.29, 0.717) is 0 Å². The fourth-order valence-corrected chi connectivity index (χ4v) is 3.45. The van der Waals surface area contributed by atoms with Crippen LogP contribution < -0.4 is 9.64 Å². The third-order valence-electron chi connectivity index (χ3n) is 4.92. The molecule has 1 heterocycles. The molecule has 1 unspecified atom stereocenters. The Balaban J connectivity index is 1.64. The number of hydrogen-bond acceptors (Lipinski definition) is 3. The van der Waals surface area contributed by atoms with Crippen molar-refractivity contribution in [3.05, 3.63) is 60.2 Å². The summed E-state index contributed by atoms with van der Waals surface area (Å²) in [6.45, 7) is 5.31. The number of nitrogens with zero attached hydrogens (tertiary/aromatic N) is 2. The molecule has 1 aliphatic rings. The van der Waals surface area contributed by atoms with Gasteiger partial charge >= 0.3 is 0 Å². The van der Waals surface area contributed by atoms with Gasteiger partial charge in [0.15, 0.2) is 0 Å². The van der Waals surface area contributed by atoms with Gasteiger partial charge in [0, 0.05) is 37.9 Å². The Morgan fingerprint density at radius 1 is 1.04 bits per heavy atom. The average molecular weight is 338 g/mol. The number of carbonyl (C=O) groups is 1. The summed E-state index contributed by atoms with van der Waals surface area (Å²) in [7, 11) is 1.68. The van der Waals surface area contributed by atoms with Gasteiger partial charge in [0.05, 0.1) is 13.0 Å². The molecule has 2 aromatic rings. The number of piperazine rings is 1. The van der Waals surface area contributed by atoms with E-state index in [0.717, 1.165) is 49.6 Å². The third kappa shape index (κ3) is 3.95. The van der Waals surface area contributed by atoms with E-state index < -0.39 is 0 Å². The molecule has 4 nitrogen and oxygen atoms in total. The maximum absolute atomic E-state index is 13.0. The zero-order valence-electron chi connectivity index (χ0n) is 15.0. The van der Waals surface area contributed by atoms with Crippen molar-refractivity contribution >= 4 is 11.6 Å². The quantitative estimate of drug-likeness (QED) is 0.836. The van der Waals surface area contributed by atoms with Crippen molar-refractivity contribution in [3.8, 4) is 5.75 Å². The van der Waals surface area contributed by atoms with E-state index in [2.05, 4.69) is 36.1 Å². The standard InChI is InChI=1S/C21H26N2O2/c1-3-20(17-8-5-4-6-9-17)21(24)23-14-12-22(13-15-23)18-10-7-11-19(16-18)25-2/h4-11,16,20H,3,12-15H2,1-2H3. The van der Waals surface area contributed by atoms with Crippen molar-refractivity contribution in [2.45, 2.75) is 19.3 Å². The normalized spacial score (nSPS) is 15.8. The number of rotatable bonds is 5. The SMILES string of the molecule is CCC(C(=O)N1CCN(c2cccc(OC)c2)CC1)c1ccccc1. The Morgan fingerprint density at radius 2 is 1.76 bits per heavy atom. The second kappa shape index (κ2) is 8.06. The van der Waals surface area contributed by atoms with Crippen molar-refractivity contribution in [3.63, 3.8) is 0 Å². The van der Waals surface area contributed by atoms with E-state index in [-0.39, 0.29) is 11.8 Å². The number of methoxy groups -OCH3 is 1. The zero-order valence-corrected chi connectivity index (χ0v) is 15.0. The van der Waals surface area contributed by atoms with Crippen LogP contribution in [0.3, 0.4) is 0 Å². The fraction of sp³-hybridized carbons (Fsp3) is 0.381. The number of carbonyl (C=O) groups excluding carboxylic acids is 1. The smallest absolute Gasteiger partial charge is 0.230 e. The van der Waals surface area contributed by atoms with Crippen molar-refractivity contribution in [2.24, 2.45) is 0 Å². The molecule has 2 aromatic carbocycles. The van der Waals surface area contributed by atoms with Gasteiger partial charge in [0.25, 0.3) is 0 Å². The van der Waals surface area contributed by atoms with Crippen LogP contribution in [-0.4, -0.2) is 44.1 Å². The summed E-state index contributed by atoms with van der Waals surface area (Å²) in [6.07, 6.45) is 0.832. The van der Waals surface area contributed by atoms with Gasteiger partial charge in [-0.3, -0.25) is 4.79 Å². The Bertz CT molecular complexity index is 694. The number of amides is 1. The number of anilines is 1. The summed E-state index contributed by atoms with van der Waals surface area (Å²) in [5, 5.41) is 0. The highest BCUT2D eigenvalue weighted by atomic mass is 16.5. The van der Waals surface area contributed by atoms with Gasteiger partial charge in [0.1, 0.15) is 5.75 Å². The minimum atomic E-state index is -0.0374. The molecule has 132 valence electrons. The lowest BCUT2D eigenvalue weighted by atomic mass is 9.95. The molecule has 0 radical (unpaired) electrons. The lowest BCUT2D eigenvalue weighted by Crippen LogP contribution is -2.50. The number of ether oxygens (including phenoxy) is 1. The summed E-state index contributed by atoms with van der Waals surface area (Å²) in [5.74, 6) is 1.08. The topological polar surface area (TPSA) is 32.8 Å². The molecule has 25 heavy (non-hydrogen) atoms. The molecule has 0 saturated carbocycles. The predicted octanol–water partition coefficient (Wildman–Crippen LogP) is 3.54. The molecule has 1 saturated heterocycles. The maximum atomic E-state index is 13.0.